The molecular weight excluding hydrogens is 476 g/mol. The van der Waals surface area contributed by atoms with Gasteiger partial charge in [0, 0.05) is 16.7 Å². The third-order valence-electron chi connectivity index (χ3n) is 5.93. The number of benzene rings is 3. The molecule has 4 nitrogen and oxygen atoms in total. The number of hydrogen-bond donors (Lipinski definition) is 0. The van der Waals surface area contributed by atoms with E-state index in [0.29, 0.717) is 26.6 Å². The first-order valence-corrected chi connectivity index (χ1v) is 12.4. The number of hydrogen-bond acceptors (Lipinski definition) is 4. The van der Waals surface area contributed by atoms with Crippen molar-refractivity contribution in [3.8, 4) is 11.3 Å². The summed E-state index contributed by atoms with van der Waals surface area (Å²) < 4.78 is 6.09. The summed E-state index contributed by atoms with van der Waals surface area (Å²) in [5.41, 5.74) is 5.57. The van der Waals surface area contributed by atoms with Gasteiger partial charge in [0.25, 0.3) is 5.91 Å². The fourth-order valence-corrected chi connectivity index (χ4v) is 5.09. The molecule has 0 radical (unpaired) electrons. The van der Waals surface area contributed by atoms with Gasteiger partial charge in [0.1, 0.15) is 11.5 Å². The van der Waals surface area contributed by atoms with Crippen LogP contribution >= 0.6 is 23.4 Å². The SMILES string of the molecule is Cc1ccccc1N=C1S/C(=C\c2ccc(-c3cccc(Cl)c3C)o2)C(=O)N1c1ccccc1C. The molecule has 0 N–H and O–H groups in total. The van der Waals surface area contributed by atoms with Crippen LogP contribution < -0.4 is 4.90 Å². The number of rotatable bonds is 4. The molecule has 2 heterocycles. The second-order valence-corrected chi connectivity index (χ2v) is 9.75. The van der Waals surface area contributed by atoms with E-state index in [4.69, 9.17) is 21.0 Å². The number of furan rings is 1. The molecule has 5 rings (SSSR count). The standard InChI is InChI=1S/C29H23ClN2O2S/c1-18-9-4-6-13-24(18)31-29-32(25-14-7-5-10-19(25)2)28(33)27(35-29)17-21-15-16-26(34-21)22-11-8-12-23(30)20(22)3/h4-17H,1-3H3/b27-17-,31-29?. The Kier molecular flexibility index (Phi) is 6.37. The number of carbonyl (C=O) groups excluding carboxylic acids is 1. The summed E-state index contributed by atoms with van der Waals surface area (Å²) in [5, 5.41) is 1.30. The van der Waals surface area contributed by atoms with Crippen LogP contribution in [0.15, 0.2) is 93.2 Å². The number of anilines is 1. The topological polar surface area (TPSA) is 45.8 Å². The van der Waals surface area contributed by atoms with Gasteiger partial charge in [0.05, 0.1) is 16.3 Å². The highest BCUT2D eigenvalue weighted by molar-refractivity contribution is 8.19. The maximum absolute atomic E-state index is 13.6. The summed E-state index contributed by atoms with van der Waals surface area (Å²) in [6, 6.07) is 25.2. The highest BCUT2D eigenvalue weighted by atomic mass is 35.5. The van der Waals surface area contributed by atoms with Crippen LogP contribution in [0, 0.1) is 20.8 Å². The Morgan fingerprint density at radius 2 is 1.63 bits per heavy atom. The number of aliphatic imine (C=N–C) groups is 1. The molecule has 1 saturated heterocycles. The zero-order chi connectivity index (χ0) is 24.5. The van der Waals surface area contributed by atoms with Gasteiger partial charge in [-0.2, -0.15) is 0 Å². The molecule has 1 aliphatic heterocycles. The Hall–Kier alpha value is -3.54. The van der Waals surface area contributed by atoms with Crippen molar-refractivity contribution in [1.82, 2.24) is 0 Å². The van der Waals surface area contributed by atoms with E-state index in [-0.39, 0.29) is 5.91 Å². The van der Waals surface area contributed by atoms with Gasteiger partial charge in [0.2, 0.25) is 0 Å². The van der Waals surface area contributed by atoms with E-state index in [1.165, 1.54) is 11.8 Å². The number of amidine groups is 1. The molecule has 0 bridgehead atoms. The fraction of sp³-hybridized carbons (Fsp3) is 0.103. The average molecular weight is 499 g/mol. The smallest absolute Gasteiger partial charge is 0.271 e. The number of thioether (sulfide) groups is 1. The van der Waals surface area contributed by atoms with Gasteiger partial charge >= 0.3 is 0 Å². The number of para-hydroxylation sites is 2. The van der Waals surface area contributed by atoms with Crippen LogP contribution in [0.5, 0.6) is 0 Å². The van der Waals surface area contributed by atoms with E-state index in [2.05, 4.69) is 0 Å². The molecule has 1 amide bonds. The van der Waals surface area contributed by atoms with Gasteiger partial charge in [-0.15, -0.1) is 0 Å². The zero-order valence-electron chi connectivity index (χ0n) is 19.6. The predicted octanol–water partition coefficient (Wildman–Crippen LogP) is 8.33. The van der Waals surface area contributed by atoms with E-state index in [1.807, 2.05) is 99.6 Å². The summed E-state index contributed by atoms with van der Waals surface area (Å²) in [5.74, 6) is 1.17. The van der Waals surface area contributed by atoms with Crippen molar-refractivity contribution in [3.63, 3.8) is 0 Å². The lowest BCUT2D eigenvalue weighted by atomic mass is 10.1. The number of halogens is 1. The molecule has 0 aliphatic carbocycles. The van der Waals surface area contributed by atoms with Crippen LogP contribution in [0.1, 0.15) is 22.5 Å². The van der Waals surface area contributed by atoms with Gasteiger partial charge in [-0.1, -0.05) is 60.1 Å². The molecule has 0 unspecified atom stereocenters. The first-order chi connectivity index (χ1) is 16.9. The van der Waals surface area contributed by atoms with E-state index < -0.39 is 0 Å². The second-order valence-electron chi connectivity index (χ2n) is 8.33. The van der Waals surface area contributed by atoms with E-state index in [0.717, 1.165) is 33.6 Å². The molecule has 4 aromatic rings. The minimum atomic E-state index is -0.131. The lowest BCUT2D eigenvalue weighted by Crippen LogP contribution is -2.29. The van der Waals surface area contributed by atoms with Crippen LogP contribution in [0.25, 0.3) is 17.4 Å². The molecule has 174 valence electrons. The summed E-state index contributed by atoms with van der Waals surface area (Å²) in [6.45, 7) is 5.97. The fourth-order valence-electron chi connectivity index (χ4n) is 3.95. The van der Waals surface area contributed by atoms with E-state index >= 15 is 0 Å². The molecule has 35 heavy (non-hydrogen) atoms. The van der Waals surface area contributed by atoms with Gasteiger partial charge < -0.3 is 4.42 Å². The lowest BCUT2D eigenvalue weighted by molar-refractivity contribution is -0.113. The first kappa shape index (κ1) is 23.2. The van der Waals surface area contributed by atoms with Crippen molar-refractivity contribution in [3.05, 3.63) is 111 Å². The van der Waals surface area contributed by atoms with Crippen molar-refractivity contribution in [1.29, 1.82) is 0 Å². The van der Waals surface area contributed by atoms with Crippen molar-refractivity contribution < 1.29 is 9.21 Å². The molecule has 0 saturated carbocycles. The monoisotopic (exact) mass is 498 g/mol. The van der Waals surface area contributed by atoms with Crippen molar-refractivity contribution in [2.75, 3.05) is 4.90 Å². The van der Waals surface area contributed by atoms with Crippen LogP contribution in [-0.4, -0.2) is 11.1 Å². The summed E-state index contributed by atoms with van der Waals surface area (Å²) in [7, 11) is 0. The molecule has 1 aliphatic rings. The Labute approximate surface area is 213 Å². The summed E-state index contributed by atoms with van der Waals surface area (Å²) in [6.07, 6.45) is 1.78. The highest BCUT2D eigenvalue weighted by Crippen LogP contribution is 2.39. The van der Waals surface area contributed by atoms with Gasteiger partial charge in [-0.3, -0.25) is 9.69 Å². The highest BCUT2D eigenvalue weighted by Gasteiger charge is 2.35. The van der Waals surface area contributed by atoms with Gasteiger partial charge in [-0.25, -0.2) is 4.99 Å². The molecule has 6 heteroatoms. The Bertz CT molecular complexity index is 1500. The maximum Gasteiger partial charge on any atom is 0.271 e. The van der Waals surface area contributed by atoms with Crippen LogP contribution in [0.2, 0.25) is 5.02 Å². The molecule has 1 aromatic heterocycles. The zero-order valence-corrected chi connectivity index (χ0v) is 21.2. The third kappa shape index (κ3) is 4.57. The minimum Gasteiger partial charge on any atom is -0.457 e. The predicted molar refractivity (Wildman–Crippen MR) is 146 cm³/mol. The summed E-state index contributed by atoms with van der Waals surface area (Å²) in [4.78, 5) is 20.7. The molecule has 1 fully saturated rings. The second kappa shape index (κ2) is 9.61. The van der Waals surface area contributed by atoms with E-state index in [1.54, 1.807) is 11.0 Å². The Morgan fingerprint density at radius 1 is 0.886 bits per heavy atom. The quantitative estimate of drug-likeness (QED) is 0.266. The number of nitrogens with zero attached hydrogens (tertiary/aromatic N) is 2. The Balaban J connectivity index is 1.55. The molecular formula is C29H23ClN2O2S. The van der Waals surface area contributed by atoms with Crippen molar-refractivity contribution >= 4 is 51.9 Å². The van der Waals surface area contributed by atoms with Crippen molar-refractivity contribution in [2.45, 2.75) is 20.8 Å². The lowest BCUT2D eigenvalue weighted by Gasteiger charge is -2.18. The number of carbonyl (C=O) groups is 1. The third-order valence-corrected chi connectivity index (χ3v) is 7.31. The van der Waals surface area contributed by atoms with Crippen LogP contribution in [-0.2, 0) is 4.79 Å². The van der Waals surface area contributed by atoms with Crippen LogP contribution in [0.3, 0.4) is 0 Å². The van der Waals surface area contributed by atoms with Gasteiger partial charge in [-0.05, 0) is 79.6 Å². The maximum atomic E-state index is 13.6. The minimum absolute atomic E-state index is 0.131. The number of amides is 1. The number of aryl methyl sites for hydroxylation is 2. The summed E-state index contributed by atoms with van der Waals surface area (Å²) >= 11 is 7.63. The molecule has 3 aromatic carbocycles. The molecule has 0 spiro atoms. The molecule has 0 atom stereocenters. The normalized spacial score (nSPS) is 16.0. The van der Waals surface area contributed by atoms with Crippen molar-refractivity contribution in [2.24, 2.45) is 4.99 Å². The van der Waals surface area contributed by atoms with Crippen LogP contribution in [0.4, 0.5) is 11.4 Å². The Morgan fingerprint density at radius 3 is 2.40 bits per heavy atom. The largest absolute Gasteiger partial charge is 0.457 e. The first-order valence-electron chi connectivity index (χ1n) is 11.2. The average Bonchev–Trinajstić information content (AvgIpc) is 3.42. The van der Waals surface area contributed by atoms with E-state index in [9.17, 15) is 4.79 Å². The van der Waals surface area contributed by atoms with Gasteiger partial charge in [0.15, 0.2) is 5.17 Å².